The molecule has 0 bridgehead atoms. The Hall–Kier alpha value is -0.680. The normalized spacial score (nSPS) is 21.5. The van der Waals surface area contributed by atoms with Gasteiger partial charge in [0.15, 0.2) is 0 Å². The van der Waals surface area contributed by atoms with Gasteiger partial charge in [0.25, 0.3) is 0 Å². The van der Waals surface area contributed by atoms with Crippen molar-refractivity contribution >= 4 is 23.1 Å². The minimum absolute atomic E-state index is 0.0556. The van der Waals surface area contributed by atoms with Crippen molar-refractivity contribution in [3.63, 3.8) is 0 Å². The minimum atomic E-state index is -0.143. The number of nitrogens with two attached hydrogens (primary N) is 1. The summed E-state index contributed by atoms with van der Waals surface area (Å²) in [6.07, 6.45) is 2.95. The van der Waals surface area contributed by atoms with Crippen LogP contribution in [0.1, 0.15) is 40.0 Å². The van der Waals surface area contributed by atoms with Crippen molar-refractivity contribution in [3.8, 4) is 0 Å². The lowest BCUT2D eigenvalue weighted by Crippen LogP contribution is -2.49. The molecule has 0 aromatic rings. The van der Waals surface area contributed by atoms with E-state index in [-0.39, 0.29) is 17.5 Å². The van der Waals surface area contributed by atoms with E-state index in [1.165, 1.54) is 0 Å². The number of nitrogens with one attached hydrogen (secondary N) is 1. The summed E-state index contributed by atoms with van der Waals surface area (Å²) in [5.74, 6) is 0.0556. The molecule has 17 heavy (non-hydrogen) atoms. The molecule has 5 heteroatoms. The van der Waals surface area contributed by atoms with Crippen molar-refractivity contribution < 1.29 is 4.79 Å². The summed E-state index contributed by atoms with van der Waals surface area (Å²) < 4.78 is 0. The van der Waals surface area contributed by atoms with Gasteiger partial charge in [0.05, 0.1) is 17.6 Å². The summed E-state index contributed by atoms with van der Waals surface area (Å²) in [6, 6.07) is 0.0977. The van der Waals surface area contributed by atoms with Gasteiger partial charge < -0.3 is 11.1 Å². The van der Waals surface area contributed by atoms with Crippen LogP contribution >= 0.6 is 12.2 Å². The van der Waals surface area contributed by atoms with Crippen LogP contribution in [0.2, 0.25) is 0 Å². The van der Waals surface area contributed by atoms with Crippen molar-refractivity contribution in [2.45, 2.75) is 51.6 Å². The Morgan fingerprint density at radius 2 is 2.24 bits per heavy atom. The van der Waals surface area contributed by atoms with Gasteiger partial charge >= 0.3 is 0 Å². The first-order valence-electron chi connectivity index (χ1n) is 6.20. The number of rotatable bonds is 5. The van der Waals surface area contributed by atoms with Gasteiger partial charge in [0, 0.05) is 5.54 Å². The Morgan fingerprint density at radius 1 is 1.59 bits per heavy atom. The number of nitrogens with zero attached hydrogens (tertiary/aromatic N) is 1. The third-order valence-electron chi connectivity index (χ3n) is 3.40. The highest BCUT2D eigenvalue weighted by atomic mass is 32.1. The van der Waals surface area contributed by atoms with Gasteiger partial charge in [-0.05, 0) is 39.7 Å². The van der Waals surface area contributed by atoms with E-state index in [9.17, 15) is 4.79 Å². The van der Waals surface area contributed by atoms with Gasteiger partial charge in [0.2, 0.25) is 5.91 Å². The second-order valence-electron chi connectivity index (χ2n) is 5.32. The maximum atomic E-state index is 11.9. The lowest BCUT2D eigenvalue weighted by molar-refractivity contribution is -0.123. The second kappa shape index (κ2) is 5.78. The molecule has 3 N–H and O–H groups in total. The Bertz CT molecular complexity index is 304. The molecular weight excluding hydrogens is 234 g/mol. The quantitative estimate of drug-likeness (QED) is 0.723. The molecule has 1 atom stereocenters. The van der Waals surface area contributed by atoms with Crippen LogP contribution in [0.3, 0.4) is 0 Å². The van der Waals surface area contributed by atoms with E-state index in [4.69, 9.17) is 18.0 Å². The van der Waals surface area contributed by atoms with E-state index in [1.807, 2.05) is 13.8 Å². The van der Waals surface area contributed by atoms with E-state index in [2.05, 4.69) is 17.1 Å². The molecule has 1 amide bonds. The summed E-state index contributed by atoms with van der Waals surface area (Å²) in [7, 11) is 0. The Morgan fingerprint density at radius 3 is 2.76 bits per heavy atom. The molecule has 1 aliphatic heterocycles. The summed E-state index contributed by atoms with van der Waals surface area (Å²) in [5.41, 5.74) is 5.53. The maximum absolute atomic E-state index is 11.9. The number of hydrogen-bond acceptors (Lipinski definition) is 3. The van der Waals surface area contributed by atoms with Crippen LogP contribution in [0.5, 0.6) is 0 Å². The lowest BCUT2D eigenvalue weighted by atomic mass is 10.0. The highest BCUT2D eigenvalue weighted by molar-refractivity contribution is 7.80. The van der Waals surface area contributed by atoms with Gasteiger partial charge in [-0.15, -0.1) is 0 Å². The van der Waals surface area contributed by atoms with Crippen LogP contribution in [0, 0.1) is 0 Å². The largest absolute Gasteiger partial charge is 0.392 e. The van der Waals surface area contributed by atoms with Gasteiger partial charge in [-0.3, -0.25) is 9.69 Å². The van der Waals surface area contributed by atoms with E-state index >= 15 is 0 Å². The Kier molecular flexibility index (Phi) is 4.89. The second-order valence-corrected chi connectivity index (χ2v) is 5.79. The van der Waals surface area contributed by atoms with Crippen LogP contribution in [-0.4, -0.2) is 40.5 Å². The lowest BCUT2D eigenvalue weighted by Gasteiger charge is -2.28. The van der Waals surface area contributed by atoms with Crippen LogP contribution < -0.4 is 11.1 Å². The van der Waals surface area contributed by atoms with Gasteiger partial charge in [-0.25, -0.2) is 0 Å². The third-order valence-corrected chi connectivity index (χ3v) is 3.67. The number of likely N-dealkylation sites (tertiary alicyclic amines) is 1. The maximum Gasteiger partial charge on any atom is 0.234 e. The fourth-order valence-electron chi connectivity index (χ4n) is 2.03. The molecule has 0 spiro atoms. The SMILES string of the molecule is CCC(C)(C)NC(=O)CN1CCCC1C(N)=S. The number of amides is 1. The summed E-state index contributed by atoms with van der Waals surface area (Å²) >= 11 is 5.02. The molecule has 1 fully saturated rings. The first-order chi connectivity index (χ1) is 7.85. The molecule has 1 unspecified atom stereocenters. The predicted molar refractivity (Wildman–Crippen MR) is 73.9 cm³/mol. The van der Waals surface area contributed by atoms with Crippen LogP contribution in [0.4, 0.5) is 0 Å². The zero-order valence-corrected chi connectivity index (χ0v) is 11.8. The molecule has 98 valence electrons. The standard InChI is InChI=1S/C12H23N3OS/c1-4-12(2,3)14-10(16)8-15-7-5-6-9(15)11(13)17/h9H,4-8H2,1-3H3,(H2,13,17)(H,14,16). The molecule has 1 aliphatic rings. The first-order valence-corrected chi connectivity index (χ1v) is 6.61. The minimum Gasteiger partial charge on any atom is -0.392 e. The van der Waals surface area contributed by atoms with Gasteiger partial charge in [-0.1, -0.05) is 19.1 Å². The van der Waals surface area contributed by atoms with E-state index in [1.54, 1.807) is 0 Å². The molecule has 0 aliphatic carbocycles. The molecule has 4 nitrogen and oxygen atoms in total. The summed E-state index contributed by atoms with van der Waals surface area (Å²) in [6.45, 7) is 7.42. The van der Waals surface area contributed by atoms with Crippen molar-refractivity contribution in [1.29, 1.82) is 0 Å². The fraction of sp³-hybridized carbons (Fsp3) is 0.833. The Balaban J connectivity index is 2.48. The zero-order valence-electron chi connectivity index (χ0n) is 11.0. The van der Waals surface area contributed by atoms with E-state index in [0.29, 0.717) is 11.5 Å². The number of hydrogen-bond donors (Lipinski definition) is 2. The smallest absolute Gasteiger partial charge is 0.234 e. The summed E-state index contributed by atoms with van der Waals surface area (Å²) in [4.78, 5) is 14.5. The molecule has 0 saturated carbocycles. The van der Waals surface area contributed by atoms with Crippen molar-refractivity contribution in [2.75, 3.05) is 13.1 Å². The molecular formula is C12H23N3OS. The van der Waals surface area contributed by atoms with Gasteiger partial charge in [0.1, 0.15) is 0 Å². The van der Waals surface area contributed by atoms with Crippen molar-refractivity contribution in [1.82, 2.24) is 10.2 Å². The number of thiocarbonyl (C=S) groups is 1. The van der Waals surface area contributed by atoms with Crippen LogP contribution in [0.15, 0.2) is 0 Å². The van der Waals surface area contributed by atoms with Crippen molar-refractivity contribution in [2.24, 2.45) is 5.73 Å². The predicted octanol–water partition coefficient (Wildman–Crippen LogP) is 1.04. The molecule has 1 saturated heterocycles. The topological polar surface area (TPSA) is 58.4 Å². The molecule has 0 aromatic carbocycles. The Labute approximate surface area is 109 Å². The molecule has 1 heterocycles. The van der Waals surface area contributed by atoms with Crippen LogP contribution in [-0.2, 0) is 4.79 Å². The van der Waals surface area contributed by atoms with Crippen molar-refractivity contribution in [3.05, 3.63) is 0 Å². The fourth-order valence-corrected chi connectivity index (χ4v) is 2.29. The highest BCUT2D eigenvalue weighted by Gasteiger charge is 2.29. The number of carbonyl (C=O) groups is 1. The highest BCUT2D eigenvalue weighted by Crippen LogP contribution is 2.17. The average Bonchev–Trinajstić information content (AvgIpc) is 2.65. The molecule has 1 rings (SSSR count). The van der Waals surface area contributed by atoms with Gasteiger partial charge in [-0.2, -0.15) is 0 Å². The first kappa shape index (κ1) is 14.4. The van der Waals surface area contributed by atoms with E-state index in [0.717, 1.165) is 25.8 Å². The monoisotopic (exact) mass is 257 g/mol. The zero-order chi connectivity index (χ0) is 13.1. The molecule has 0 aromatic heterocycles. The summed E-state index contributed by atoms with van der Waals surface area (Å²) in [5, 5.41) is 3.03. The molecule has 0 radical (unpaired) electrons. The number of carbonyl (C=O) groups excluding carboxylic acids is 1. The van der Waals surface area contributed by atoms with Crippen LogP contribution in [0.25, 0.3) is 0 Å². The average molecular weight is 257 g/mol. The third kappa shape index (κ3) is 4.24. The van der Waals surface area contributed by atoms with E-state index < -0.39 is 0 Å².